The summed E-state index contributed by atoms with van der Waals surface area (Å²) in [6.45, 7) is 5.74. The van der Waals surface area contributed by atoms with Crippen LogP contribution in [-0.2, 0) is 4.79 Å². The number of hydrogen-bond acceptors (Lipinski definition) is 3. The highest BCUT2D eigenvalue weighted by Gasteiger charge is 2.24. The highest BCUT2D eigenvalue weighted by molar-refractivity contribution is 5.86. The van der Waals surface area contributed by atoms with E-state index in [4.69, 9.17) is 5.73 Å². The maximum Gasteiger partial charge on any atom is 0.312 e. The van der Waals surface area contributed by atoms with Crippen molar-refractivity contribution in [2.24, 2.45) is 11.7 Å². The van der Waals surface area contributed by atoms with Crippen LogP contribution in [0.5, 0.6) is 0 Å². The zero-order valence-corrected chi connectivity index (χ0v) is 10.9. The minimum atomic E-state index is -0.713. The standard InChI is InChI=1S/C11H23N3O3/c1-7(2)5-9(13-11(12)17)10(16)14(4)6-8(3)15/h7-9,15H,5-6H2,1-4H3,(H3,12,13,17). The zero-order chi connectivity index (χ0) is 13.6. The molecule has 3 amide bonds. The second-order valence-corrected chi connectivity index (χ2v) is 4.76. The van der Waals surface area contributed by atoms with Gasteiger partial charge in [-0.25, -0.2) is 4.79 Å². The Kier molecular flexibility index (Phi) is 6.57. The van der Waals surface area contributed by atoms with Gasteiger partial charge in [0.2, 0.25) is 5.91 Å². The number of amides is 3. The molecule has 2 unspecified atom stereocenters. The number of aliphatic hydroxyl groups is 1. The summed E-state index contributed by atoms with van der Waals surface area (Å²) >= 11 is 0. The van der Waals surface area contributed by atoms with E-state index in [-0.39, 0.29) is 18.4 Å². The molecule has 0 saturated heterocycles. The highest BCUT2D eigenvalue weighted by atomic mass is 16.3. The van der Waals surface area contributed by atoms with Gasteiger partial charge in [-0.15, -0.1) is 0 Å². The summed E-state index contributed by atoms with van der Waals surface area (Å²) in [6.07, 6.45) is -0.0800. The van der Waals surface area contributed by atoms with Gasteiger partial charge in [-0.3, -0.25) is 4.79 Å². The molecule has 2 atom stereocenters. The van der Waals surface area contributed by atoms with Gasteiger partial charge in [0.1, 0.15) is 6.04 Å². The summed E-state index contributed by atoms with van der Waals surface area (Å²) < 4.78 is 0. The van der Waals surface area contributed by atoms with Gasteiger partial charge in [-0.05, 0) is 19.3 Å². The molecule has 0 fully saturated rings. The van der Waals surface area contributed by atoms with Crippen molar-refractivity contribution in [3.8, 4) is 0 Å². The Labute approximate surface area is 102 Å². The van der Waals surface area contributed by atoms with E-state index in [2.05, 4.69) is 5.32 Å². The first kappa shape index (κ1) is 15.7. The molecule has 100 valence electrons. The summed E-state index contributed by atoms with van der Waals surface area (Å²) in [5.74, 6) is 0.0224. The van der Waals surface area contributed by atoms with Crippen molar-refractivity contribution in [3.63, 3.8) is 0 Å². The zero-order valence-electron chi connectivity index (χ0n) is 10.9. The van der Waals surface area contributed by atoms with Crippen LogP contribution in [0.2, 0.25) is 0 Å². The summed E-state index contributed by atoms with van der Waals surface area (Å²) in [6, 6.07) is -1.34. The molecule has 0 spiro atoms. The lowest BCUT2D eigenvalue weighted by molar-refractivity contribution is -0.133. The fraction of sp³-hybridized carbons (Fsp3) is 0.818. The maximum atomic E-state index is 12.0. The molecule has 4 N–H and O–H groups in total. The van der Waals surface area contributed by atoms with Crippen molar-refractivity contribution in [1.82, 2.24) is 10.2 Å². The van der Waals surface area contributed by atoms with Crippen LogP contribution in [0.1, 0.15) is 27.2 Å². The van der Waals surface area contributed by atoms with Gasteiger partial charge in [-0.2, -0.15) is 0 Å². The number of primary amides is 1. The second kappa shape index (κ2) is 7.11. The molecular formula is C11H23N3O3. The topological polar surface area (TPSA) is 95.7 Å². The number of hydrogen-bond donors (Lipinski definition) is 3. The Morgan fingerprint density at radius 1 is 1.35 bits per heavy atom. The number of nitrogens with zero attached hydrogens (tertiary/aromatic N) is 1. The van der Waals surface area contributed by atoms with Crippen molar-refractivity contribution in [2.75, 3.05) is 13.6 Å². The molecule has 0 aromatic rings. The molecule has 0 aliphatic heterocycles. The van der Waals surface area contributed by atoms with E-state index in [0.29, 0.717) is 6.42 Å². The molecule has 17 heavy (non-hydrogen) atoms. The summed E-state index contributed by atoms with van der Waals surface area (Å²) in [5, 5.41) is 11.6. The fourth-order valence-corrected chi connectivity index (χ4v) is 1.62. The predicted octanol–water partition coefficient (Wildman–Crippen LogP) is -0.0914. The summed E-state index contributed by atoms with van der Waals surface area (Å²) in [7, 11) is 1.59. The normalized spacial score (nSPS) is 14.2. The fourth-order valence-electron chi connectivity index (χ4n) is 1.62. The third-order valence-electron chi connectivity index (χ3n) is 2.24. The van der Waals surface area contributed by atoms with Crippen LogP contribution >= 0.6 is 0 Å². The van der Waals surface area contributed by atoms with Gasteiger partial charge in [0.15, 0.2) is 0 Å². The molecule has 0 radical (unpaired) electrons. The first-order valence-electron chi connectivity index (χ1n) is 5.73. The Balaban J connectivity index is 4.55. The number of nitrogens with two attached hydrogens (primary N) is 1. The Hall–Kier alpha value is -1.30. The smallest absolute Gasteiger partial charge is 0.312 e. The molecule has 0 aromatic carbocycles. The van der Waals surface area contributed by atoms with Gasteiger partial charge in [0, 0.05) is 13.6 Å². The van der Waals surface area contributed by atoms with E-state index < -0.39 is 18.2 Å². The van der Waals surface area contributed by atoms with Crippen molar-refractivity contribution in [2.45, 2.75) is 39.3 Å². The van der Waals surface area contributed by atoms with E-state index in [9.17, 15) is 14.7 Å². The first-order valence-corrected chi connectivity index (χ1v) is 5.73. The lowest BCUT2D eigenvalue weighted by Crippen LogP contribution is -2.50. The molecule has 6 heteroatoms. The number of likely N-dealkylation sites (N-methyl/N-ethyl adjacent to an activating group) is 1. The number of nitrogens with one attached hydrogen (secondary N) is 1. The summed E-state index contributed by atoms with van der Waals surface area (Å²) in [4.78, 5) is 24.2. The van der Waals surface area contributed by atoms with Crippen molar-refractivity contribution in [1.29, 1.82) is 0 Å². The van der Waals surface area contributed by atoms with Crippen molar-refractivity contribution < 1.29 is 14.7 Å². The van der Waals surface area contributed by atoms with Crippen LogP contribution in [0.3, 0.4) is 0 Å². The van der Waals surface area contributed by atoms with Gasteiger partial charge in [-0.1, -0.05) is 13.8 Å². The Morgan fingerprint density at radius 2 is 1.88 bits per heavy atom. The monoisotopic (exact) mass is 245 g/mol. The lowest BCUT2D eigenvalue weighted by atomic mass is 10.0. The van der Waals surface area contributed by atoms with Crippen molar-refractivity contribution >= 4 is 11.9 Å². The van der Waals surface area contributed by atoms with Crippen molar-refractivity contribution in [3.05, 3.63) is 0 Å². The van der Waals surface area contributed by atoms with Crippen LogP contribution in [0.4, 0.5) is 4.79 Å². The molecule has 0 aliphatic rings. The number of rotatable bonds is 6. The van der Waals surface area contributed by atoms with Crippen LogP contribution in [0, 0.1) is 5.92 Å². The lowest BCUT2D eigenvalue weighted by Gasteiger charge is -2.26. The third-order valence-corrected chi connectivity index (χ3v) is 2.24. The van der Waals surface area contributed by atoms with Gasteiger partial charge < -0.3 is 21.1 Å². The SMILES string of the molecule is CC(C)CC(NC(N)=O)C(=O)N(C)CC(C)O. The van der Waals surface area contributed by atoms with E-state index >= 15 is 0 Å². The average molecular weight is 245 g/mol. The van der Waals surface area contributed by atoms with Crippen LogP contribution in [-0.4, -0.2) is 47.7 Å². The average Bonchev–Trinajstić information content (AvgIpc) is 2.12. The summed E-state index contributed by atoms with van der Waals surface area (Å²) in [5.41, 5.74) is 5.04. The Morgan fingerprint density at radius 3 is 2.24 bits per heavy atom. The second-order valence-electron chi connectivity index (χ2n) is 4.76. The van der Waals surface area contributed by atoms with Gasteiger partial charge in [0.05, 0.1) is 6.10 Å². The van der Waals surface area contributed by atoms with Crippen LogP contribution in [0.15, 0.2) is 0 Å². The third kappa shape index (κ3) is 6.78. The maximum absolute atomic E-state index is 12.0. The molecule has 0 rings (SSSR count). The van der Waals surface area contributed by atoms with E-state index in [1.54, 1.807) is 14.0 Å². The Bertz CT molecular complexity index is 267. The number of urea groups is 1. The number of aliphatic hydroxyl groups excluding tert-OH is 1. The molecule has 0 aromatic heterocycles. The van der Waals surface area contributed by atoms with Gasteiger partial charge in [0.25, 0.3) is 0 Å². The van der Waals surface area contributed by atoms with E-state index in [0.717, 1.165) is 0 Å². The van der Waals surface area contributed by atoms with E-state index in [1.165, 1.54) is 4.90 Å². The quantitative estimate of drug-likeness (QED) is 0.610. The van der Waals surface area contributed by atoms with Crippen LogP contribution < -0.4 is 11.1 Å². The van der Waals surface area contributed by atoms with Gasteiger partial charge >= 0.3 is 6.03 Å². The highest BCUT2D eigenvalue weighted by Crippen LogP contribution is 2.07. The van der Waals surface area contributed by atoms with Crippen LogP contribution in [0.25, 0.3) is 0 Å². The van der Waals surface area contributed by atoms with E-state index in [1.807, 2.05) is 13.8 Å². The molecule has 0 saturated carbocycles. The first-order chi connectivity index (χ1) is 7.73. The molecule has 0 bridgehead atoms. The predicted molar refractivity (Wildman–Crippen MR) is 65.3 cm³/mol. The molecule has 6 nitrogen and oxygen atoms in total. The molecular weight excluding hydrogens is 222 g/mol. The number of carbonyl (C=O) groups is 2. The number of carbonyl (C=O) groups excluding carboxylic acids is 2. The minimum absolute atomic E-state index is 0.230. The largest absolute Gasteiger partial charge is 0.392 e. The molecule has 0 aliphatic carbocycles. The minimum Gasteiger partial charge on any atom is -0.392 e. The molecule has 0 heterocycles.